The zero-order valence-corrected chi connectivity index (χ0v) is 10.7. The van der Waals surface area contributed by atoms with Gasteiger partial charge in [-0.25, -0.2) is 14.8 Å². The summed E-state index contributed by atoms with van der Waals surface area (Å²) in [5.74, 6) is -1.04. The summed E-state index contributed by atoms with van der Waals surface area (Å²) >= 11 is 16.8. The topological polar surface area (TPSA) is 92.5 Å². The van der Waals surface area contributed by atoms with Crippen LogP contribution in [0.5, 0.6) is 0 Å². The number of esters is 1. The zero-order valence-electron chi connectivity index (χ0n) is 8.39. The lowest BCUT2D eigenvalue weighted by Gasteiger charge is -2.17. The van der Waals surface area contributed by atoms with Crippen molar-refractivity contribution in [3.05, 3.63) is 21.2 Å². The van der Waals surface area contributed by atoms with Crippen LogP contribution in [0.2, 0.25) is 15.6 Å². The molecule has 0 radical (unpaired) electrons. The second-order valence-corrected chi connectivity index (χ2v) is 3.95. The van der Waals surface area contributed by atoms with Gasteiger partial charge in [-0.1, -0.05) is 23.2 Å². The van der Waals surface area contributed by atoms with E-state index < -0.39 is 18.2 Å². The lowest BCUT2D eigenvalue weighted by molar-refractivity contribution is -0.156. The van der Waals surface area contributed by atoms with E-state index in [-0.39, 0.29) is 21.2 Å². The van der Waals surface area contributed by atoms with E-state index in [0.29, 0.717) is 0 Å². The standard InChI is InChI=1S/C8H7Cl3N2O4/c1-17-7(16)4(15)3(14)2-5(9)12-8(11)13-6(2)10/h3-4,14-15H,1H3. The Labute approximate surface area is 111 Å². The third-order valence-corrected chi connectivity index (χ3v) is 2.61. The van der Waals surface area contributed by atoms with Gasteiger partial charge in [0.05, 0.1) is 12.7 Å². The van der Waals surface area contributed by atoms with Crippen molar-refractivity contribution in [3.8, 4) is 0 Å². The number of rotatable bonds is 3. The molecule has 0 aliphatic heterocycles. The molecule has 94 valence electrons. The van der Waals surface area contributed by atoms with E-state index in [1.165, 1.54) is 0 Å². The van der Waals surface area contributed by atoms with Crippen molar-refractivity contribution < 1.29 is 19.7 Å². The molecule has 1 aromatic heterocycles. The largest absolute Gasteiger partial charge is 0.467 e. The van der Waals surface area contributed by atoms with Gasteiger partial charge < -0.3 is 14.9 Å². The second-order valence-electron chi connectivity index (χ2n) is 2.90. The molecular weight excluding hydrogens is 294 g/mol. The van der Waals surface area contributed by atoms with Crippen LogP contribution in [0.1, 0.15) is 11.7 Å². The first kappa shape index (κ1) is 14.4. The molecule has 1 heterocycles. The fourth-order valence-corrected chi connectivity index (χ4v) is 1.91. The van der Waals surface area contributed by atoms with E-state index in [0.717, 1.165) is 7.11 Å². The summed E-state index contributed by atoms with van der Waals surface area (Å²) in [6, 6.07) is 0. The summed E-state index contributed by atoms with van der Waals surface area (Å²) in [6.45, 7) is 0. The maximum atomic E-state index is 11.0. The molecule has 1 aromatic rings. The molecule has 0 fully saturated rings. The Hall–Kier alpha value is -0.660. The van der Waals surface area contributed by atoms with Crippen LogP contribution >= 0.6 is 34.8 Å². The molecule has 9 heteroatoms. The van der Waals surface area contributed by atoms with Crippen molar-refractivity contribution in [1.82, 2.24) is 9.97 Å². The molecule has 0 saturated heterocycles. The monoisotopic (exact) mass is 300 g/mol. The summed E-state index contributed by atoms with van der Waals surface area (Å²) in [5, 5.41) is 18.4. The number of aliphatic hydroxyl groups is 2. The molecule has 0 saturated carbocycles. The molecule has 0 aliphatic rings. The number of aromatic nitrogens is 2. The molecular formula is C8H7Cl3N2O4. The van der Waals surface area contributed by atoms with Gasteiger partial charge in [0.2, 0.25) is 5.28 Å². The van der Waals surface area contributed by atoms with Crippen molar-refractivity contribution in [2.24, 2.45) is 0 Å². The van der Waals surface area contributed by atoms with Gasteiger partial charge in [0.1, 0.15) is 16.4 Å². The number of halogens is 3. The Morgan fingerprint density at radius 1 is 1.24 bits per heavy atom. The van der Waals surface area contributed by atoms with Crippen LogP contribution in [0.4, 0.5) is 0 Å². The summed E-state index contributed by atoms with van der Waals surface area (Å²) in [6.07, 6.45) is -3.56. The third kappa shape index (κ3) is 3.17. The number of carbonyl (C=O) groups excluding carboxylic acids is 1. The number of aliphatic hydroxyl groups excluding tert-OH is 2. The molecule has 0 aromatic carbocycles. The molecule has 0 amide bonds. The Morgan fingerprint density at radius 2 is 1.71 bits per heavy atom. The average Bonchev–Trinajstić information content (AvgIpc) is 2.25. The minimum Gasteiger partial charge on any atom is -0.467 e. The highest BCUT2D eigenvalue weighted by molar-refractivity contribution is 6.36. The normalized spacial score (nSPS) is 14.2. The van der Waals surface area contributed by atoms with Gasteiger partial charge in [0.15, 0.2) is 6.10 Å². The van der Waals surface area contributed by atoms with E-state index in [1.54, 1.807) is 0 Å². The highest BCUT2D eigenvalue weighted by atomic mass is 35.5. The highest BCUT2D eigenvalue weighted by Gasteiger charge is 2.31. The van der Waals surface area contributed by atoms with Crippen molar-refractivity contribution in [3.63, 3.8) is 0 Å². The fraction of sp³-hybridized carbons (Fsp3) is 0.375. The summed E-state index contributed by atoms with van der Waals surface area (Å²) in [5.41, 5.74) is -0.198. The van der Waals surface area contributed by atoms with Gasteiger partial charge in [-0.15, -0.1) is 0 Å². The minimum absolute atomic E-state index is 0.198. The van der Waals surface area contributed by atoms with Gasteiger partial charge in [0.25, 0.3) is 0 Å². The first-order valence-corrected chi connectivity index (χ1v) is 5.34. The fourth-order valence-electron chi connectivity index (χ4n) is 1.04. The smallest absolute Gasteiger partial charge is 0.337 e. The van der Waals surface area contributed by atoms with E-state index in [1.807, 2.05) is 0 Å². The van der Waals surface area contributed by atoms with Crippen LogP contribution in [-0.4, -0.2) is 39.4 Å². The average molecular weight is 302 g/mol. The molecule has 2 atom stereocenters. The van der Waals surface area contributed by atoms with Crippen molar-refractivity contribution >= 4 is 40.8 Å². The van der Waals surface area contributed by atoms with Gasteiger partial charge in [-0.05, 0) is 11.6 Å². The maximum Gasteiger partial charge on any atom is 0.337 e. The van der Waals surface area contributed by atoms with E-state index in [9.17, 15) is 15.0 Å². The number of ether oxygens (including phenoxy) is 1. The Morgan fingerprint density at radius 3 is 2.12 bits per heavy atom. The lowest BCUT2D eigenvalue weighted by Crippen LogP contribution is -2.29. The summed E-state index contributed by atoms with van der Waals surface area (Å²) in [4.78, 5) is 18.1. The predicted molar refractivity (Wildman–Crippen MR) is 60.0 cm³/mol. The zero-order chi connectivity index (χ0) is 13.2. The quantitative estimate of drug-likeness (QED) is 0.491. The van der Waals surface area contributed by atoms with Crippen LogP contribution in [-0.2, 0) is 9.53 Å². The van der Waals surface area contributed by atoms with Gasteiger partial charge >= 0.3 is 5.97 Å². The van der Waals surface area contributed by atoms with Gasteiger partial charge in [-0.3, -0.25) is 0 Å². The number of hydrogen-bond acceptors (Lipinski definition) is 6. The van der Waals surface area contributed by atoms with Crippen LogP contribution in [0.25, 0.3) is 0 Å². The van der Waals surface area contributed by atoms with Crippen molar-refractivity contribution in [2.45, 2.75) is 12.2 Å². The van der Waals surface area contributed by atoms with Crippen LogP contribution in [0.15, 0.2) is 0 Å². The number of carbonyl (C=O) groups is 1. The predicted octanol–water partition coefficient (Wildman–Crippen LogP) is 1.00. The van der Waals surface area contributed by atoms with E-state index in [4.69, 9.17) is 34.8 Å². The SMILES string of the molecule is COC(=O)C(O)C(O)c1c(Cl)nc(Cl)nc1Cl. The van der Waals surface area contributed by atoms with Crippen LogP contribution in [0, 0.1) is 0 Å². The van der Waals surface area contributed by atoms with E-state index >= 15 is 0 Å². The Kier molecular flexibility index (Phi) is 4.91. The van der Waals surface area contributed by atoms with Gasteiger partial charge in [0, 0.05) is 0 Å². The molecule has 0 bridgehead atoms. The van der Waals surface area contributed by atoms with Crippen LogP contribution < -0.4 is 0 Å². The molecule has 6 nitrogen and oxygen atoms in total. The molecule has 0 aliphatic carbocycles. The molecule has 2 N–H and O–H groups in total. The first-order valence-electron chi connectivity index (χ1n) is 4.20. The van der Waals surface area contributed by atoms with Crippen molar-refractivity contribution in [1.29, 1.82) is 0 Å². The summed E-state index contributed by atoms with van der Waals surface area (Å²) < 4.78 is 4.26. The maximum absolute atomic E-state index is 11.0. The minimum atomic E-state index is -1.85. The Balaban J connectivity index is 3.12. The van der Waals surface area contributed by atoms with Gasteiger partial charge in [-0.2, -0.15) is 0 Å². The van der Waals surface area contributed by atoms with Crippen molar-refractivity contribution in [2.75, 3.05) is 7.11 Å². The molecule has 1 rings (SSSR count). The molecule has 2 unspecified atom stereocenters. The molecule has 0 spiro atoms. The van der Waals surface area contributed by atoms with Crippen LogP contribution in [0.3, 0.4) is 0 Å². The third-order valence-electron chi connectivity index (χ3n) is 1.86. The second kappa shape index (κ2) is 5.79. The summed E-state index contributed by atoms with van der Waals surface area (Å²) in [7, 11) is 1.06. The number of methoxy groups -OCH3 is 1. The van der Waals surface area contributed by atoms with E-state index in [2.05, 4.69) is 14.7 Å². The Bertz CT molecular complexity index is 420. The highest BCUT2D eigenvalue weighted by Crippen LogP contribution is 2.30. The number of hydrogen-bond donors (Lipinski definition) is 2. The number of nitrogens with zero attached hydrogens (tertiary/aromatic N) is 2. The molecule has 17 heavy (non-hydrogen) atoms. The first-order chi connectivity index (χ1) is 7.88. The lowest BCUT2D eigenvalue weighted by atomic mass is 10.1.